The van der Waals surface area contributed by atoms with Crippen molar-refractivity contribution in [2.45, 2.75) is 97.4 Å². The number of carboxylic acids is 1. The van der Waals surface area contributed by atoms with Crippen molar-refractivity contribution in [2.24, 2.45) is 30.7 Å². The Morgan fingerprint density at radius 3 is 1.14 bits per heavy atom. The predicted molar refractivity (Wildman–Crippen MR) is 460 cm³/mol. The van der Waals surface area contributed by atoms with Gasteiger partial charge in [0.25, 0.3) is 0 Å². The van der Waals surface area contributed by atoms with Crippen molar-refractivity contribution in [1.29, 1.82) is 0 Å². The highest BCUT2D eigenvalue weighted by atomic mass is 35.5. The van der Waals surface area contributed by atoms with E-state index in [9.17, 15) is 37.1 Å². The standard InChI is InChI=1S/C23H24Cl2FN5O2.C22H22Cl2FN5O2.C20H19Cl2FN4O3.C17H16Cl2FN5O/c1-12(20-17(24)4-5-18(26)21(20)25)33-19-7-13(8-28-22(19)27)15-9-29-31(11-15)10-14-6-16(14)23(32)30(2)3;1-11(19-16(23)3-4-17(25)20(19)24)32-18-6-12(7-28-21(18)26)14-8-29-30(10-14)9-13-5-15(13)22(31)27-2;1-10(16-13(21)4-5-14(23)17(16)22)30-15-6-11(7-25-18(15)24)12-8-26-27(9-12)20(2,3)19(28)29;1-8(14-11(18)3-4-12(20)15(14)19)26-13-5-9(6-23-16(13)21)10-7-24-25(2)17(10)22/h4-5,7-9,11-12,14,16H,6,10H2,1-3H3,(H2,27,28);3-4,6-8,10-11,13,15H,5,9H2,1-2H3,(H2,26,28)(H,27,31);4-10H,1-3H3,(H2,24,25)(H,28,29);3-8H,22H2,1-2H3,(H2,21,23)/t12?,14?,16-;11?,13?,15-;;/m00../s1. The Labute approximate surface area is 732 Å². The number of hydrogen-bond acceptors (Lipinski definition) is 20. The van der Waals surface area contributed by atoms with Gasteiger partial charge >= 0.3 is 5.97 Å². The maximum absolute atomic E-state index is 13.9. The van der Waals surface area contributed by atoms with Crippen LogP contribution in [0.15, 0.2) is 141 Å². The number of aliphatic carboxylic acids is 1. The molecule has 2 aliphatic carbocycles. The number of anilines is 5. The van der Waals surface area contributed by atoms with Gasteiger partial charge in [-0.15, -0.1) is 0 Å². The van der Waals surface area contributed by atoms with Gasteiger partial charge in [-0.3, -0.25) is 28.3 Å². The summed E-state index contributed by atoms with van der Waals surface area (Å²) in [6.07, 6.45) is 17.4. The molecule has 8 aromatic heterocycles. The molecule has 0 aliphatic heterocycles. The quantitative estimate of drug-likeness (QED) is 0.0218. The van der Waals surface area contributed by atoms with Gasteiger partial charge in [-0.2, -0.15) is 20.4 Å². The zero-order valence-electron chi connectivity index (χ0n) is 66.3. The van der Waals surface area contributed by atoms with Crippen LogP contribution in [0.4, 0.5) is 46.7 Å². The van der Waals surface area contributed by atoms with Crippen molar-refractivity contribution in [2.75, 3.05) is 49.8 Å². The SMILES string of the molecule is CC(Oc1cc(-c2cnn(C(C)(C)C(=O)O)c2)cnc1N)c1c(Cl)ccc(F)c1Cl.CC(Oc1cc(-c2cnn(C)c2N)cnc1N)c1c(Cl)ccc(F)c1Cl.CC(Oc1cc(-c2cnn(CC3C[C@@H]3C(=O)N(C)C)c2)cnc1N)c1c(Cl)ccc(F)c1Cl.CNC(=O)[C@H]1CC1Cn1cc(-c2cnc(N)c(OC(C)c3c(Cl)ccc(F)c3Cl)c2)cn1. The zero-order chi connectivity index (χ0) is 88.1. The number of hydrogen-bond donors (Lipinski definition) is 7. The lowest BCUT2D eigenvalue weighted by Gasteiger charge is -2.19. The molecule has 12 N–H and O–H groups in total. The van der Waals surface area contributed by atoms with Gasteiger partial charge in [-0.05, 0) is 139 Å². The Hall–Kier alpha value is -11.0. The van der Waals surface area contributed by atoms with Crippen molar-refractivity contribution in [3.8, 4) is 67.5 Å². The number of carbonyl (C=O) groups excluding carboxylic acids is 2. The molecule has 8 atom stereocenters. The molecule has 12 aromatic rings. The lowest BCUT2D eigenvalue weighted by molar-refractivity contribution is -0.146. The number of carboxylic acid groups (broad SMARTS) is 1. The van der Waals surface area contributed by atoms with E-state index in [0.29, 0.717) is 95.7 Å². The van der Waals surface area contributed by atoms with E-state index < -0.39 is 59.2 Å². The van der Waals surface area contributed by atoms with Gasteiger partial charge in [-0.1, -0.05) is 92.8 Å². The Bertz CT molecular complexity index is 5860. The van der Waals surface area contributed by atoms with Gasteiger partial charge in [0.15, 0.2) is 51.8 Å². The van der Waals surface area contributed by atoms with Crippen LogP contribution < -0.4 is 52.9 Å². The summed E-state index contributed by atoms with van der Waals surface area (Å²) >= 11 is 49.0. The van der Waals surface area contributed by atoms with Gasteiger partial charge < -0.3 is 62.9 Å². The molecule has 0 spiro atoms. The third-order valence-electron chi connectivity index (χ3n) is 20.0. The Kier molecular flexibility index (Phi) is 28.8. The number of nitrogens with one attached hydrogen (secondary N) is 1. The minimum atomic E-state index is -1.22. The first-order valence-electron chi connectivity index (χ1n) is 37.0. The number of nitrogen functional groups attached to an aromatic ring is 5. The molecule has 2 fully saturated rings. The van der Waals surface area contributed by atoms with Crippen LogP contribution in [0.1, 0.15) is 101 Å². The van der Waals surface area contributed by atoms with E-state index in [4.69, 9.17) is 140 Å². The van der Waals surface area contributed by atoms with E-state index in [2.05, 4.69) is 45.6 Å². The van der Waals surface area contributed by atoms with Gasteiger partial charge in [0.05, 0.1) is 44.9 Å². The number of benzene rings is 4. The predicted octanol–water partition coefficient (Wildman–Crippen LogP) is 18.5. The first kappa shape index (κ1) is 90.7. The largest absolute Gasteiger partial charge is 0.482 e. The minimum absolute atomic E-state index is 0.0498. The number of pyridine rings is 4. The fraction of sp³-hybridized carbons (Fsp3) is 0.280. The summed E-state index contributed by atoms with van der Waals surface area (Å²) in [7, 11) is 6.93. The number of carbonyl (C=O) groups is 3. The normalized spacial score (nSPS) is 15.5. The molecule has 4 aromatic carbocycles. The second kappa shape index (κ2) is 38.4. The first-order chi connectivity index (χ1) is 57.2. The van der Waals surface area contributed by atoms with Crippen LogP contribution in [0.5, 0.6) is 23.0 Å². The summed E-state index contributed by atoms with van der Waals surface area (Å²) in [5, 5.41) is 29.8. The average molecular weight is 1820 g/mol. The van der Waals surface area contributed by atoms with E-state index in [1.807, 2.05) is 21.8 Å². The molecule has 2 amide bonds. The van der Waals surface area contributed by atoms with Crippen LogP contribution in [-0.2, 0) is 40.1 Å². The molecular formula is C82H81Cl8F4N19O8. The molecule has 8 heterocycles. The topological polar surface area (TPSA) is 377 Å². The van der Waals surface area contributed by atoms with E-state index in [1.54, 1.807) is 133 Å². The van der Waals surface area contributed by atoms with Crippen molar-refractivity contribution >= 4 is 140 Å². The highest BCUT2D eigenvalue weighted by molar-refractivity contribution is 6.38. The monoisotopic (exact) mass is 1820 g/mol. The molecule has 0 bridgehead atoms. The molecule has 14 rings (SSSR count). The number of nitrogens with zero attached hydrogens (tertiary/aromatic N) is 13. The zero-order valence-corrected chi connectivity index (χ0v) is 72.3. The molecule has 6 unspecified atom stereocenters. The number of halogens is 12. The number of aromatic nitrogens is 12. The minimum Gasteiger partial charge on any atom is -0.482 e. The van der Waals surface area contributed by atoms with E-state index in [1.165, 1.54) is 79.5 Å². The Balaban J connectivity index is 0.000000158. The fourth-order valence-electron chi connectivity index (χ4n) is 12.8. The smallest absolute Gasteiger partial charge is 0.331 e. The lowest BCUT2D eigenvalue weighted by Crippen LogP contribution is -2.35. The molecule has 121 heavy (non-hydrogen) atoms. The highest BCUT2D eigenvalue weighted by Crippen LogP contribution is 2.46. The molecule has 39 heteroatoms. The molecule has 27 nitrogen and oxygen atoms in total. The summed E-state index contributed by atoms with van der Waals surface area (Å²) in [5.74, 6) is -0.137. The summed E-state index contributed by atoms with van der Waals surface area (Å²) < 4.78 is 85.6. The number of nitrogens with two attached hydrogens (primary N) is 5. The molecule has 0 radical (unpaired) electrons. The van der Waals surface area contributed by atoms with Crippen LogP contribution in [0.3, 0.4) is 0 Å². The maximum Gasteiger partial charge on any atom is 0.331 e. The molecule has 636 valence electrons. The number of rotatable bonds is 24. The van der Waals surface area contributed by atoms with Gasteiger partial charge in [-0.25, -0.2) is 42.3 Å². The molecule has 0 saturated heterocycles. The Morgan fingerprint density at radius 1 is 0.488 bits per heavy atom. The summed E-state index contributed by atoms with van der Waals surface area (Å²) in [4.78, 5) is 53.6. The Morgan fingerprint density at radius 2 is 0.810 bits per heavy atom. The first-order valence-corrected chi connectivity index (χ1v) is 40.0. The highest BCUT2D eigenvalue weighted by Gasteiger charge is 2.45. The lowest BCUT2D eigenvalue weighted by atomic mass is 10.1. The second-order valence-corrected chi connectivity index (χ2v) is 32.2. The summed E-state index contributed by atoms with van der Waals surface area (Å²) in [6.45, 7) is 11.2. The number of amides is 2. The maximum atomic E-state index is 13.9. The van der Waals surface area contributed by atoms with Crippen LogP contribution in [0.25, 0.3) is 44.5 Å². The average Bonchev–Trinajstić information content (AvgIpc) is 1.63. The fourth-order valence-corrected chi connectivity index (χ4v) is 15.5. The van der Waals surface area contributed by atoms with E-state index in [0.717, 1.165) is 35.1 Å². The summed E-state index contributed by atoms with van der Waals surface area (Å²) in [6, 6.07) is 17.3. The van der Waals surface area contributed by atoms with Crippen LogP contribution >= 0.6 is 92.8 Å². The van der Waals surface area contributed by atoms with Gasteiger partial charge in [0.2, 0.25) is 11.8 Å². The van der Waals surface area contributed by atoms with Crippen LogP contribution in [-0.4, -0.2) is 108 Å². The molecule has 2 aliphatic rings. The number of aryl methyl sites for hydroxylation is 1. The van der Waals surface area contributed by atoms with E-state index >= 15 is 0 Å². The third-order valence-corrected chi connectivity index (χ3v) is 22.8. The third kappa shape index (κ3) is 21.1. The molecular weight excluding hydrogens is 1740 g/mol. The van der Waals surface area contributed by atoms with Crippen LogP contribution in [0.2, 0.25) is 40.2 Å². The van der Waals surface area contributed by atoms with Gasteiger partial charge in [0.1, 0.15) is 53.5 Å². The molecule has 2 saturated carbocycles. The second-order valence-electron chi connectivity index (χ2n) is 29.1. The van der Waals surface area contributed by atoms with E-state index in [-0.39, 0.29) is 89.6 Å². The summed E-state index contributed by atoms with van der Waals surface area (Å²) in [5.41, 5.74) is 35.7. The van der Waals surface area contributed by atoms with Crippen LogP contribution in [0, 0.1) is 46.9 Å². The van der Waals surface area contributed by atoms with Crippen molar-refractivity contribution in [3.05, 3.63) is 227 Å². The van der Waals surface area contributed by atoms with Crippen molar-refractivity contribution in [3.63, 3.8) is 0 Å². The van der Waals surface area contributed by atoms with Gasteiger partial charge in [0, 0.05) is 183 Å². The number of ether oxygens (including phenoxy) is 4. The van der Waals surface area contributed by atoms with Crippen molar-refractivity contribution < 1.29 is 56.0 Å². The van der Waals surface area contributed by atoms with Crippen molar-refractivity contribution in [1.82, 2.24) is 69.3 Å².